The highest BCUT2D eigenvalue weighted by Gasteiger charge is 2.18. The monoisotopic (exact) mass is 313 g/mol. The molecule has 1 saturated heterocycles. The number of piperazine rings is 1. The van der Waals surface area contributed by atoms with E-state index in [2.05, 4.69) is 33.7 Å². The molecule has 0 atom stereocenters. The second kappa shape index (κ2) is 9.41. The molecule has 0 amide bonds. The van der Waals surface area contributed by atoms with Crippen LogP contribution in [0.25, 0.3) is 0 Å². The molecule has 0 unspecified atom stereocenters. The SMILES string of the molecule is CC.Cc1cc(F)cc(CN2CCN(SN(C)C)CC2)c1. The molecule has 1 heterocycles. The standard InChI is InChI=1S/C14H22FN3S.C2H6/c1-12-8-13(10-14(15)9-12)11-17-4-6-18(7-5-17)19-16(2)3;1-2/h8-10H,4-7,11H2,1-3H3;1-2H3. The van der Waals surface area contributed by atoms with Gasteiger partial charge in [0.2, 0.25) is 0 Å². The maximum atomic E-state index is 13.4. The lowest BCUT2D eigenvalue weighted by molar-refractivity contribution is 0.187. The van der Waals surface area contributed by atoms with Gasteiger partial charge in [-0.05, 0) is 44.3 Å². The topological polar surface area (TPSA) is 9.72 Å². The summed E-state index contributed by atoms with van der Waals surface area (Å²) in [4.78, 5) is 2.39. The third-order valence-corrected chi connectivity index (χ3v) is 4.04. The van der Waals surface area contributed by atoms with Crippen LogP contribution in [0.15, 0.2) is 18.2 Å². The van der Waals surface area contributed by atoms with Gasteiger partial charge in [-0.2, -0.15) is 0 Å². The molecule has 0 aromatic heterocycles. The van der Waals surface area contributed by atoms with Gasteiger partial charge in [-0.3, -0.25) is 4.90 Å². The predicted molar refractivity (Wildman–Crippen MR) is 90.6 cm³/mol. The first-order valence-corrected chi connectivity index (χ1v) is 8.35. The second-order valence-electron chi connectivity index (χ2n) is 5.24. The van der Waals surface area contributed by atoms with Gasteiger partial charge in [0.05, 0.1) is 0 Å². The zero-order chi connectivity index (χ0) is 15.8. The fourth-order valence-electron chi connectivity index (χ4n) is 2.36. The van der Waals surface area contributed by atoms with Gasteiger partial charge in [0.25, 0.3) is 0 Å². The molecule has 1 aromatic carbocycles. The molecule has 3 nitrogen and oxygen atoms in total. The molecular weight excluding hydrogens is 285 g/mol. The predicted octanol–water partition coefficient (Wildman–Crippen LogP) is 3.40. The van der Waals surface area contributed by atoms with E-state index in [-0.39, 0.29) is 5.82 Å². The van der Waals surface area contributed by atoms with Gasteiger partial charge in [0.15, 0.2) is 0 Å². The Morgan fingerprint density at radius 2 is 1.71 bits per heavy atom. The summed E-state index contributed by atoms with van der Waals surface area (Å²) in [6, 6.07) is 5.30. The zero-order valence-electron chi connectivity index (χ0n) is 13.9. The van der Waals surface area contributed by atoms with Crippen molar-refractivity contribution in [2.24, 2.45) is 0 Å². The first-order valence-electron chi connectivity index (χ1n) is 7.62. The van der Waals surface area contributed by atoms with Crippen LogP contribution in [0.5, 0.6) is 0 Å². The number of hydrogen-bond acceptors (Lipinski definition) is 4. The minimum absolute atomic E-state index is 0.128. The molecule has 21 heavy (non-hydrogen) atoms. The Balaban J connectivity index is 0.00000106. The lowest BCUT2D eigenvalue weighted by Crippen LogP contribution is -2.43. The number of hydrogen-bond donors (Lipinski definition) is 0. The number of aryl methyl sites for hydroxylation is 1. The molecule has 1 aliphatic rings. The van der Waals surface area contributed by atoms with Crippen LogP contribution in [0.2, 0.25) is 0 Å². The highest BCUT2D eigenvalue weighted by Crippen LogP contribution is 2.17. The van der Waals surface area contributed by atoms with Crippen molar-refractivity contribution in [2.45, 2.75) is 27.3 Å². The molecule has 0 aliphatic carbocycles. The summed E-state index contributed by atoms with van der Waals surface area (Å²) in [6.07, 6.45) is 0. The molecule has 120 valence electrons. The fourth-order valence-corrected chi connectivity index (χ4v) is 3.15. The van der Waals surface area contributed by atoms with E-state index in [0.29, 0.717) is 0 Å². The van der Waals surface area contributed by atoms with Crippen LogP contribution in [-0.2, 0) is 6.54 Å². The van der Waals surface area contributed by atoms with E-state index in [1.165, 1.54) is 0 Å². The van der Waals surface area contributed by atoms with E-state index in [0.717, 1.165) is 43.9 Å². The van der Waals surface area contributed by atoms with Crippen LogP contribution < -0.4 is 0 Å². The summed E-state index contributed by atoms with van der Waals surface area (Å²) < 4.78 is 17.8. The molecule has 0 bridgehead atoms. The smallest absolute Gasteiger partial charge is 0.123 e. The Labute approximate surface area is 133 Å². The second-order valence-corrected chi connectivity index (χ2v) is 6.65. The summed E-state index contributed by atoms with van der Waals surface area (Å²) in [5.74, 6) is -0.128. The maximum Gasteiger partial charge on any atom is 0.123 e. The third-order valence-electron chi connectivity index (χ3n) is 3.12. The summed E-state index contributed by atoms with van der Waals surface area (Å²) in [6.45, 7) is 11.0. The van der Waals surface area contributed by atoms with Gasteiger partial charge in [-0.25, -0.2) is 13.0 Å². The molecule has 0 radical (unpaired) electrons. The Kier molecular flexibility index (Phi) is 8.26. The van der Waals surface area contributed by atoms with Crippen LogP contribution in [0.1, 0.15) is 25.0 Å². The molecular formula is C16H28FN3S. The Bertz CT molecular complexity index is 398. The molecule has 1 aliphatic heterocycles. The molecule has 2 rings (SSSR count). The molecule has 1 fully saturated rings. The van der Waals surface area contributed by atoms with Crippen molar-refractivity contribution in [1.29, 1.82) is 0 Å². The van der Waals surface area contributed by atoms with Crippen molar-refractivity contribution in [1.82, 2.24) is 13.5 Å². The van der Waals surface area contributed by atoms with Crippen LogP contribution in [0, 0.1) is 12.7 Å². The van der Waals surface area contributed by atoms with Crippen molar-refractivity contribution in [3.8, 4) is 0 Å². The molecule has 0 saturated carbocycles. The molecule has 5 heteroatoms. The number of benzene rings is 1. The van der Waals surface area contributed by atoms with Crippen LogP contribution in [-0.4, -0.2) is 53.8 Å². The fraction of sp³-hybridized carbons (Fsp3) is 0.625. The normalized spacial score (nSPS) is 16.7. The number of rotatable bonds is 4. The minimum Gasteiger partial charge on any atom is -0.296 e. The Hall–Kier alpha value is -0.620. The van der Waals surface area contributed by atoms with E-state index in [1.54, 1.807) is 24.3 Å². The van der Waals surface area contributed by atoms with E-state index >= 15 is 0 Å². The van der Waals surface area contributed by atoms with Gasteiger partial charge in [-0.15, -0.1) is 0 Å². The van der Waals surface area contributed by atoms with E-state index in [1.807, 2.05) is 20.8 Å². The van der Waals surface area contributed by atoms with Crippen molar-refractivity contribution in [2.75, 3.05) is 40.3 Å². The van der Waals surface area contributed by atoms with Crippen molar-refractivity contribution in [3.63, 3.8) is 0 Å². The first-order chi connectivity index (χ1) is 10.0. The van der Waals surface area contributed by atoms with Gasteiger partial charge >= 0.3 is 0 Å². The highest BCUT2D eigenvalue weighted by molar-refractivity contribution is 7.94. The summed E-state index contributed by atoms with van der Waals surface area (Å²) >= 11 is 1.77. The van der Waals surface area contributed by atoms with E-state index in [9.17, 15) is 4.39 Å². The van der Waals surface area contributed by atoms with Crippen molar-refractivity contribution < 1.29 is 4.39 Å². The van der Waals surface area contributed by atoms with Gasteiger partial charge in [0.1, 0.15) is 5.82 Å². The van der Waals surface area contributed by atoms with Crippen LogP contribution in [0.4, 0.5) is 4.39 Å². The summed E-state index contributed by atoms with van der Waals surface area (Å²) in [5.41, 5.74) is 2.07. The van der Waals surface area contributed by atoms with Crippen LogP contribution in [0.3, 0.4) is 0 Å². The summed E-state index contributed by atoms with van der Waals surface area (Å²) in [7, 11) is 4.12. The van der Waals surface area contributed by atoms with Crippen LogP contribution >= 0.6 is 12.1 Å². The van der Waals surface area contributed by atoms with Gasteiger partial charge in [-0.1, -0.05) is 19.9 Å². The third kappa shape index (κ3) is 6.78. The first kappa shape index (κ1) is 18.4. The van der Waals surface area contributed by atoms with Crippen molar-refractivity contribution >= 4 is 12.1 Å². The zero-order valence-corrected chi connectivity index (χ0v) is 14.7. The highest BCUT2D eigenvalue weighted by atomic mass is 32.2. The molecule has 1 aromatic rings. The lowest BCUT2D eigenvalue weighted by Gasteiger charge is -2.34. The molecule has 0 spiro atoms. The quantitative estimate of drug-likeness (QED) is 0.788. The summed E-state index contributed by atoms with van der Waals surface area (Å²) in [5, 5.41) is 0. The van der Waals surface area contributed by atoms with E-state index in [4.69, 9.17) is 0 Å². The Morgan fingerprint density at radius 1 is 1.10 bits per heavy atom. The average molecular weight is 313 g/mol. The average Bonchev–Trinajstić information content (AvgIpc) is 2.41. The molecule has 0 N–H and O–H groups in total. The van der Waals surface area contributed by atoms with Gasteiger partial charge in [0, 0.05) is 44.9 Å². The maximum absolute atomic E-state index is 13.4. The van der Waals surface area contributed by atoms with Crippen molar-refractivity contribution in [3.05, 3.63) is 35.1 Å². The number of nitrogens with zero attached hydrogens (tertiary/aromatic N) is 3. The van der Waals surface area contributed by atoms with E-state index < -0.39 is 0 Å². The lowest BCUT2D eigenvalue weighted by atomic mass is 10.1. The largest absolute Gasteiger partial charge is 0.296 e. The Morgan fingerprint density at radius 3 is 2.24 bits per heavy atom. The minimum atomic E-state index is -0.128. The number of halogens is 1. The van der Waals surface area contributed by atoms with Gasteiger partial charge < -0.3 is 0 Å².